The van der Waals surface area contributed by atoms with E-state index < -0.39 is 0 Å². The highest BCUT2D eigenvalue weighted by Crippen LogP contribution is 2.07. The van der Waals surface area contributed by atoms with E-state index in [0.717, 1.165) is 25.1 Å². The average molecular weight is 118 g/mol. The molecule has 1 radical (unpaired) electrons. The monoisotopic (exact) mass is 118 g/mol. The molecule has 1 aliphatic heterocycles. The normalized spacial score (nSPS) is 25.3. The zero-order chi connectivity index (χ0) is 5.11. The number of ether oxygens (including phenoxy) is 1. The van der Waals surface area contributed by atoms with Crippen LogP contribution >= 0.6 is 12.6 Å². The van der Waals surface area contributed by atoms with Gasteiger partial charge in [-0.15, -0.1) is 12.6 Å². The molecule has 1 fully saturated rings. The molecule has 0 aromatic rings. The highest BCUT2D eigenvalue weighted by atomic mass is 32.1. The summed E-state index contributed by atoms with van der Waals surface area (Å²) in [5.74, 6) is 0. The van der Waals surface area contributed by atoms with E-state index in [1.807, 2.05) is 0 Å². The van der Waals surface area contributed by atoms with Gasteiger partial charge in [-0.3, -0.25) is 0 Å². The number of hydrogen-bond acceptors (Lipinski definition) is 3. The summed E-state index contributed by atoms with van der Waals surface area (Å²) in [6, 6.07) is 0. The first kappa shape index (κ1) is 5.41. The summed E-state index contributed by atoms with van der Waals surface area (Å²) in [5.41, 5.74) is 0.797. The largest absolute Gasteiger partial charge is 0.358 e. The lowest BCUT2D eigenvalue weighted by Gasteiger charge is -2.16. The van der Waals surface area contributed by atoms with Crippen molar-refractivity contribution in [2.75, 3.05) is 19.7 Å². The van der Waals surface area contributed by atoms with Gasteiger partial charge in [0.05, 0.1) is 6.61 Å². The molecule has 1 N–H and O–H groups in total. The minimum absolute atomic E-state index is 0.763. The standard InChI is InChI=1S/C4H8NOS/c7-4-3-5-1-2-6-4/h5,7H,1-3H2. The molecule has 0 aromatic carbocycles. The predicted molar refractivity (Wildman–Crippen MR) is 31.1 cm³/mol. The lowest BCUT2D eigenvalue weighted by atomic mass is 10.5. The van der Waals surface area contributed by atoms with Crippen LogP contribution in [0.1, 0.15) is 0 Å². The van der Waals surface area contributed by atoms with Crippen LogP contribution in [0, 0.1) is 5.44 Å². The van der Waals surface area contributed by atoms with Crippen LogP contribution in [-0.4, -0.2) is 19.7 Å². The molecule has 1 heterocycles. The molecule has 1 aliphatic rings. The molecule has 0 bridgehead atoms. The van der Waals surface area contributed by atoms with Crippen LogP contribution in [-0.2, 0) is 4.74 Å². The smallest absolute Gasteiger partial charge is 0.162 e. The fraction of sp³-hybridized carbons (Fsp3) is 0.750. The molecule has 1 saturated heterocycles. The van der Waals surface area contributed by atoms with Gasteiger partial charge < -0.3 is 10.1 Å². The highest BCUT2D eigenvalue weighted by molar-refractivity contribution is 7.83. The molecule has 0 amide bonds. The molecule has 0 spiro atoms. The molecule has 0 saturated carbocycles. The highest BCUT2D eigenvalue weighted by Gasteiger charge is 2.07. The second kappa shape index (κ2) is 2.55. The Morgan fingerprint density at radius 3 is 2.86 bits per heavy atom. The number of rotatable bonds is 0. The zero-order valence-electron chi connectivity index (χ0n) is 3.98. The SMILES string of the molecule is S[C]1CNCCO1. The Morgan fingerprint density at radius 2 is 2.57 bits per heavy atom. The molecule has 0 aromatic heterocycles. The van der Waals surface area contributed by atoms with Crippen molar-refractivity contribution in [3.05, 3.63) is 5.44 Å². The third-order valence-corrected chi connectivity index (χ3v) is 1.11. The van der Waals surface area contributed by atoms with Crippen LogP contribution in [0.4, 0.5) is 0 Å². The summed E-state index contributed by atoms with van der Waals surface area (Å²) < 4.78 is 5.00. The van der Waals surface area contributed by atoms with Crippen molar-refractivity contribution < 1.29 is 4.74 Å². The first-order valence-electron chi connectivity index (χ1n) is 2.28. The second-order valence-corrected chi connectivity index (χ2v) is 1.92. The molecule has 2 nitrogen and oxygen atoms in total. The molecule has 0 aliphatic carbocycles. The minimum atomic E-state index is 0.763. The van der Waals surface area contributed by atoms with Gasteiger partial charge in [-0.25, -0.2) is 0 Å². The van der Waals surface area contributed by atoms with E-state index in [2.05, 4.69) is 17.9 Å². The topological polar surface area (TPSA) is 21.3 Å². The third-order valence-electron chi connectivity index (χ3n) is 0.824. The molecule has 41 valence electrons. The summed E-state index contributed by atoms with van der Waals surface area (Å²) in [6.07, 6.45) is 0. The molecule has 7 heavy (non-hydrogen) atoms. The van der Waals surface area contributed by atoms with Crippen molar-refractivity contribution in [2.24, 2.45) is 0 Å². The molecule has 0 atom stereocenters. The maximum absolute atomic E-state index is 5.00. The number of hydrogen-bond donors (Lipinski definition) is 2. The summed E-state index contributed by atoms with van der Waals surface area (Å²) in [7, 11) is 0. The van der Waals surface area contributed by atoms with Gasteiger partial charge >= 0.3 is 0 Å². The maximum Gasteiger partial charge on any atom is 0.162 e. The van der Waals surface area contributed by atoms with Crippen LogP contribution in [0.25, 0.3) is 0 Å². The quantitative estimate of drug-likeness (QED) is 0.438. The average Bonchev–Trinajstić information content (AvgIpc) is 1.69. The van der Waals surface area contributed by atoms with Crippen molar-refractivity contribution in [3.8, 4) is 0 Å². The van der Waals surface area contributed by atoms with E-state index >= 15 is 0 Å². The Balaban J connectivity index is 2.12. The van der Waals surface area contributed by atoms with E-state index in [4.69, 9.17) is 4.74 Å². The third kappa shape index (κ3) is 1.67. The number of thiol groups is 1. The van der Waals surface area contributed by atoms with Crippen molar-refractivity contribution in [1.82, 2.24) is 5.32 Å². The Bertz CT molecular complexity index is 53.7. The molecule has 3 heteroatoms. The van der Waals surface area contributed by atoms with Crippen molar-refractivity contribution in [2.45, 2.75) is 0 Å². The van der Waals surface area contributed by atoms with Crippen LogP contribution in [0.15, 0.2) is 0 Å². The van der Waals surface area contributed by atoms with Crippen LogP contribution < -0.4 is 5.32 Å². The van der Waals surface area contributed by atoms with E-state index in [1.165, 1.54) is 0 Å². The first-order valence-corrected chi connectivity index (χ1v) is 2.72. The van der Waals surface area contributed by atoms with Gasteiger partial charge in [0, 0.05) is 13.1 Å². The van der Waals surface area contributed by atoms with Crippen LogP contribution in [0.3, 0.4) is 0 Å². The van der Waals surface area contributed by atoms with Gasteiger partial charge in [0.25, 0.3) is 0 Å². The van der Waals surface area contributed by atoms with Crippen LogP contribution in [0.5, 0.6) is 0 Å². The molecular formula is C4H8NOS. The van der Waals surface area contributed by atoms with Gasteiger partial charge in [0.2, 0.25) is 0 Å². The maximum atomic E-state index is 5.00. The first-order chi connectivity index (χ1) is 3.39. The van der Waals surface area contributed by atoms with E-state index in [9.17, 15) is 0 Å². The Kier molecular flexibility index (Phi) is 1.97. The summed E-state index contributed by atoms with van der Waals surface area (Å²) in [5, 5.41) is 3.10. The van der Waals surface area contributed by atoms with Gasteiger partial charge in [0.1, 0.15) is 0 Å². The van der Waals surface area contributed by atoms with Gasteiger partial charge in [-0.2, -0.15) is 0 Å². The molecular weight excluding hydrogens is 110 g/mol. The summed E-state index contributed by atoms with van der Waals surface area (Å²) in [4.78, 5) is 0. The minimum Gasteiger partial charge on any atom is -0.358 e. The van der Waals surface area contributed by atoms with Crippen molar-refractivity contribution in [3.63, 3.8) is 0 Å². The zero-order valence-corrected chi connectivity index (χ0v) is 4.87. The lowest BCUT2D eigenvalue weighted by Crippen LogP contribution is -2.30. The molecule has 0 unspecified atom stereocenters. The van der Waals surface area contributed by atoms with E-state index in [1.54, 1.807) is 0 Å². The Labute approximate surface area is 48.6 Å². The summed E-state index contributed by atoms with van der Waals surface area (Å²) >= 11 is 3.99. The Hall–Kier alpha value is 0.270. The lowest BCUT2D eigenvalue weighted by molar-refractivity contribution is 0.153. The van der Waals surface area contributed by atoms with Gasteiger partial charge in [-0.1, -0.05) is 0 Å². The summed E-state index contributed by atoms with van der Waals surface area (Å²) in [6.45, 7) is 2.51. The van der Waals surface area contributed by atoms with Crippen LogP contribution in [0.2, 0.25) is 0 Å². The van der Waals surface area contributed by atoms with E-state index in [0.29, 0.717) is 0 Å². The second-order valence-electron chi connectivity index (χ2n) is 1.42. The van der Waals surface area contributed by atoms with Gasteiger partial charge in [-0.05, 0) is 0 Å². The van der Waals surface area contributed by atoms with E-state index in [-0.39, 0.29) is 0 Å². The van der Waals surface area contributed by atoms with Crippen molar-refractivity contribution in [1.29, 1.82) is 0 Å². The van der Waals surface area contributed by atoms with Gasteiger partial charge in [0.15, 0.2) is 5.44 Å². The van der Waals surface area contributed by atoms with Crippen molar-refractivity contribution >= 4 is 12.6 Å². The number of morpholine rings is 1. The predicted octanol–water partition coefficient (Wildman–Crippen LogP) is 0.0255. The molecule has 1 rings (SSSR count). The fourth-order valence-corrected chi connectivity index (χ4v) is 0.690. The number of nitrogens with one attached hydrogen (secondary N) is 1. The fourth-order valence-electron chi connectivity index (χ4n) is 0.487. The Morgan fingerprint density at radius 1 is 1.71 bits per heavy atom.